The van der Waals surface area contributed by atoms with Crippen molar-refractivity contribution in [2.75, 3.05) is 33.4 Å². The van der Waals surface area contributed by atoms with Crippen LogP contribution in [0.25, 0.3) is 0 Å². The number of hydrogen-bond acceptors (Lipinski definition) is 5. The normalized spacial score (nSPS) is 21.7. The van der Waals surface area contributed by atoms with Gasteiger partial charge in [-0.1, -0.05) is 17.3 Å². The molecule has 2 aliphatic rings. The number of oxime groups is 1. The van der Waals surface area contributed by atoms with Gasteiger partial charge >= 0.3 is 0 Å². The molecule has 3 rings (SSSR count). The number of para-hydroxylation sites is 1. The first kappa shape index (κ1) is 13.9. The summed E-state index contributed by atoms with van der Waals surface area (Å²) in [5.41, 5.74) is 1.62. The molecule has 6 heteroatoms. The zero-order valence-electron chi connectivity index (χ0n) is 11.9. The Morgan fingerprint density at radius 3 is 2.86 bits per heavy atom. The summed E-state index contributed by atoms with van der Waals surface area (Å²) in [6.45, 7) is 2.39. The fourth-order valence-corrected chi connectivity index (χ4v) is 2.54. The lowest BCUT2D eigenvalue weighted by molar-refractivity contribution is -0.146. The molecule has 1 aromatic carbocycles. The number of carbonyl (C=O) groups is 1. The van der Waals surface area contributed by atoms with E-state index in [2.05, 4.69) is 5.16 Å². The van der Waals surface area contributed by atoms with Gasteiger partial charge in [0.25, 0.3) is 5.91 Å². The molecule has 1 amide bonds. The highest BCUT2D eigenvalue weighted by molar-refractivity contribution is 6.05. The van der Waals surface area contributed by atoms with E-state index in [0.717, 1.165) is 17.0 Å². The lowest BCUT2D eigenvalue weighted by Crippen LogP contribution is -2.45. The van der Waals surface area contributed by atoms with Crippen LogP contribution in [0, 0.1) is 0 Å². The van der Waals surface area contributed by atoms with E-state index in [1.807, 2.05) is 24.3 Å². The molecule has 1 aromatic rings. The number of methoxy groups -OCH3 is 1. The van der Waals surface area contributed by atoms with E-state index in [1.165, 1.54) is 0 Å². The first-order chi connectivity index (χ1) is 10.3. The zero-order valence-corrected chi connectivity index (χ0v) is 11.9. The van der Waals surface area contributed by atoms with E-state index in [4.69, 9.17) is 14.3 Å². The monoisotopic (exact) mass is 290 g/mol. The Hall–Kier alpha value is -2.08. The highest BCUT2D eigenvalue weighted by atomic mass is 16.6. The van der Waals surface area contributed by atoms with Gasteiger partial charge in [-0.3, -0.25) is 4.79 Å². The molecule has 0 saturated carbocycles. The maximum absolute atomic E-state index is 12.4. The van der Waals surface area contributed by atoms with Crippen LogP contribution in [0.3, 0.4) is 0 Å². The second kappa shape index (κ2) is 6.13. The Morgan fingerprint density at radius 1 is 1.33 bits per heavy atom. The van der Waals surface area contributed by atoms with Gasteiger partial charge in [0.15, 0.2) is 0 Å². The molecule has 21 heavy (non-hydrogen) atoms. The molecule has 0 bridgehead atoms. The van der Waals surface area contributed by atoms with Gasteiger partial charge in [0.2, 0.25) is 6.10 Å². The Labute approximate surface area is 123 Å². The van der Waals surface area contributed by atoms with Crippen molar-refractivity contribution in [3.05, 3.63) is 29.8 Å². The van der Waals surface area contributed by atoms with Crippen LogP contribution >= 0.6 is 0 Å². The molecular weight excluding hydrogens is 272 g/mol. The van der Waals surface area contributed by atoms with Crippen molar-refractivity contribution in [1.29, 1.82) is 0 Å². The molecule has 0 spiro atoms. The van der Waals surface area contributed by atoms with Crippen LogP contribution in [0.4, 0.5) is 0 Å². The lowest BCUT2D eigenvalue weighted by Gasteiger charge is -2.28. The number of rotatable bonds is 3. The minimum absolute atomic E-state index is 0.0213. The Kier molecular flexibility index (Phi) is 4.06. The number of ether oxygens (including phenoxy) is 2. The predicted molar refractivity (Wildman–Crippen MR) is 76.4 cm³/mol. The topological polar surface area (TPSA) is 60.4 Å². The summed E-state index contributed by atoms with van der Waals surface area (Å²) in [5.74, 6) is 0.714. The van der Waals surface area contributed by atoms with Crippen molar-refractivity contribution >= 4 is 11.6 Å². The largest absolute Gasteiger partial charge is 0.496 e. The molecule has 1 fully saturated rings. The number of benzene rings is 1. The number of morpholine rings is 1. The molecule has 0 aliphatic carbocycles. The maximum atomic E-state index is 12.4. The van der Waals surface area contributed by atoms with Crippen LogP contribution in [-0.2, 0) is 14.4 Å². The summed E-state index contributed by atoms with van der Waals surface area (Å²) >= 11 is 0. The lowest BCUT2D eigenvalue weighted by atomic mass is 10.0. The van der Waals surface area contributed by atoms with Gasteiger partial charge < -0.3 is 19.2 Å². The summed E-state index contributed by atoms with van der Waals surface area (Å²) in [6.07, 6.45) is -0.0701. The number of hydrogen-bond donors (Lipinski definition) is 0. The molecule has 0 aromatic heterocycles. The zero-order chi connectivity index (χ0) is 14.7. The fourth-order valence-electron chi connectivity index (χ4n) is 2.54. The quantitative estimate of drug-likeness (QED) is 0.835. The molecule has 1 atom stereocenters. The fraction of sp³-hybridized carbons (Fsp3) is 0.467. The molecule has 2 heterocycles. The molecule has 1 saturated heterocycles. The molecule has 2 aliphatic heterocycles. The van der Waals surface area contributed by atoms with Crippen LogP contribution in [0.5, 0.6) is 5.75 Å². The summed E-state index contributed by atoms with van der Waals surface area (Å²) in [6, 6.07) is 7.60. The highest BCUT2D eigenvalue weighted by Gasteiger charge is 2.33. The minimum Gasteiger partial charge on any atom is -0.496 e. The number of carbonyl (C=O) groups excluding carboxylic acids is 1. The van der Waals surface area contributed by atoms with Gasteiger partial charge in [0.1, 0.15) is 5.75 Å². The molecule has 0 radical (unpaired) electrons. The number of nitrogens with zero attached hydrogens (tertiary/aromatic N) is 2. The van der Waals surface area contributed by atoms with Crippen LogP contribution in [-0.4, -0.2) is 56.0 Å². The van der Waals surface area contributed by atoms with Crippen molar-refractivity contribution in [3.8, 4) is 5.75 Å². The van der Waals surface area contributed by atoms with Crippen LogP contribution < -0.4 is 4.74 Å². The Morgan fingerprint density at radius 2 is 2.10 bits per heavy atom. The van der Waals surface area contributed by atoms with Crippen molar-refractivity contribution < 1.29 is 19.1 Å². The third-order valence-corrected chi connectivity index (χ3v) is 3.68. The van der Waals surface area contributed by atoms with Gasteiger partial charge in [-0.15, -0.1) is 0 Å². The van der Waals surface area contributed by atoms with Crippen LogP contribution in [0.15, 0.2) is 29.4 Å². The third kappa shape index (κ3) is 2.85. The Balaban J connectivity index is 1.68. The molecule has 6 nitrogen and oxygen atoms in total. The smallest absolute Gasteiger partial charge is 0.267 e. The summed E-state index contributed by atoms with van der Waals surface area (Å²) in [7, 11) is 1.62. The van der Waals surface area contributed by atoms with E-state index in [1.54, 1.807) is 12.0 Å². The summed E-state index contributed by atoms with van der Waals surface area (Å²) in [4.78, 5) is 19.5. The minimum atomic E-state index is -0.539. The molecule has 0 N–H and O–H groups in total. The van der Waals surface area contributed by atoms with Crippen LogP contribution in [0.2, 0.25) is 0 Å². The van der Waals surface area contributed by atoms with E-state index < -0.39 is 6.10 Å². The molecule has 0 unspecified atom stereocenters. The molecular formula is C15H18N2O4. The predicted octanol–water partition coefficient (Wildman–Crippen LogP) is 1.05. The molecule has 112 valence electrons. The first-order valence-corrected chi connectivity index (χ1v) is 7.02. The van der Waals surface area contributed by atoms with Gasteiger partial charge in [-0.25, -0.2) is 0 Å². The third-order valence-electron chi connectivity index (χ3n) is 3.68. The van der Waals surface area contributed by atoms with Crippen molar-refractivity contribution in [2.24, 2.45) is 5.16 Å². The van der Waals surface area contributed by atoms with Gasteiger partial charge in [-0.05, 0) is 12.1 Å². The van der Waals surface area contributed by atoms with E-state index in [0.29, 0.717) is 32.7 Å². The maximum Gasteiger partial charge on any atom is 0.267 e. The van der Waals surface area contributed by atoms with Crippen molar-refractivity contribution in [1.82, 2.24) is 4.90 Å². The van der Waals surface area contributed by atoms with E-state index in [-0.39, 0.29) is 5.91 Å². The number of amides is 1. The van der Waals surface area contributed by atoms with Gasteiger partial charge in [0, 0.05) is 25.1 Å². The second-order valence-electron chi connectivity index (χ2n) is 4.97. The average molecular weight is 290 g/mol. The summed E-state index contributed by atoms with van der Waals surface area (Å²) in [5, 5.41) is 4.07. The van der Waals surface area contributed by atoms with E-state index in [9.17, 15) is 4.79 Å². The SMILES string of the molecule is COc1ccccc1C1=NO[C@@H](C(=O)N2CCOCC2)C1. The van der Waals surface area contributed by atoms with Gasteiger partial charge in [0.05, 0.1) is 26.0 Å². The average Bonchev–Trinajstić information content (AvgIpc) is 3.04. The van der Waals surface area contributed by atoms with Gasteiger partial charge in [-0.2, -0.15) is 0 Å². The highest BCUT2D eigenvalue weighted by Crippen LogP contribution is 2.25. The van der Waals surface area contributed by atoms with Crippen LogP contribution in [0.1, 0.15) is 12.0 Å². The summed E-state index contributed by atoms with van der Waals surface area (Å²) < 4.78 is 10.6. The first-order valence-electron chi connectivity index (χ1n) is 7.02. The second-order valence-corrected chi connectivity index (χ2v) is 4.97. The Bertz CT molecular complexity index is 552. The van der Waals surface area contributed by atoms with Crippen molar-refractivity contribution in [2.45, 2.75) is 12.5 Å². The van der Waals surface area contributed by atoms with Crippen molar-refractivity contribution in [3.63, 3.8) is 0 Å². The van der Waals surface area contributed by atoms with E-state index >= 15 is 0 Å². The standard InChI is InChI=1S/C15H18N2O4/c1-19-13-5-3-2-4-11(13)12-10-14(21-16-12)15(18)17-6-8-20-9-7-17/h2-5,14H,6-10H2,1H3/t14-/m1/s1.